The molecule has 1 saturated heterocycles. The Morgan fingerprint density at radius 1 is 1.35 bits per heavy atom. The minimum absolute atomic E-state index is 0.0796. The second-order valence-electron chi connectivity index (χ2n) is 5.16. The van der Waals surface area contributed by atoms with Gasteiger partial charge in [0, 0.05) is 24.8 Å². The first-order chi connectivity index (χ1) is 8.08. The summed E-state index contributed by atoms with van der Waals surface area (Å²) in [5, 5.41) is 9.89. The summed E-state index contributed by atoms with van der Waals surface area (Å²) in [7, 11) is 0. The van der Waals surface area contributed by atoms with Crippen LogP contribution in [0, 0.1) is 5.92 Å². The molecular formula is C14H22N2O. The summed E-state index contributed by atoms with van der Waals surface area (Å²) in [6, 6.07) is 8.42. The van der Waals surface area contributed by atoms with Gasteiger partial charge in [-0.05, 0) is 37.0 Å². The first-order valence-electron chi connectivity index (χ1n) is 6.36. The Morgan fingerprint density at radius 2 is 2.00 bits per heavy atom. The Hall–Kier alpha value is -1.06. The van der Waals surface area contributed by atoms with Crippen molar-refractivity contribution in [2.75, 3.05) is 18.0 Å². The SMILES string of the molecule is CC1CCN(c2ccc([C@@H](C)N)cc2)CC1O. The van der Waals surface area contributed by atoms with E-state index in [2.05, 4.69) is 36.1 Å². The molecule has 0 radical (unpaired) electrons. The van der Waals surface area contributed by atoms with Gasteiger partial charge in [-0.1, -0.05) is 19.1 Å². The van der Waals surface area contributed by atoms with Crippen LogP contribution in [0.4, 0.5) is 5.69 Å². The quantitative estimate of drug-likeness (QED) is 0.822. The van der Waals surface area contributed by atoms with Crippen molar-refractivity contribution < 1.29 is 5.11 Å². The second-order valence-corrected chi connectivity index (χ2v) is 5.16. The molecule has 94 valence electrons. The van der Waals surface area contributed by atoms with E-state index in [-0.39, 0.29) is 12.1 Å². The number of nitrogens with two attached hydrogens (primary N) is 1. The van der Waals surface area contributed by atoms with E-state index in [0.717, 1.165) is 25.1 Å². The maximum Gasteiger partial charge on any atom is 0.0741 e. The van der Waals surface area contributed by atoms with Gasteiger partial charge in [-0.3, -0.25) is 0 Å². The van der Waals surface area contributed by atoms with E-state index in [1.165, 1.54) is 5.69 Å². The number of anilines is 1. The van der Waals surface area contributed by atoms with Crippen LogP contribution in [-0.4, -0.2) is 24.3 Å². The van der Waals surface area contributed by atoms with Crippen LogP contribution in [-0.2, 0) is 0 Å². The van der Waals surface area contributed by atoms with E-state index >= 15 is 0 Å². The van der Waals surface area contributed by atoms with Crippen molar-refractivity contribution in [3.05, 3.63) is 29.8 Å². The average Bonchev–Trinajstić information content (AvgIpc) is 2.33. The third kappa shape index (κ3) is 2.79. The van der Waals surface area contributed by atoms with Gasteiger partial charge in [0.25, 0.3) is 0 Å². The number of aliphatic hydroxyl groups excluding tert-OH is 1. The number of hydrogen-bond donors (Lipinski definition) is 2. The highest BCUT2D eigenvalue weighted by molar-refractivity contribution is 5.48. The summed E-state index contributed by atoms with van der Waals surface area (Å²) in [5.41, 5.74) is 8.16. The predicted octanol–water partition coefficient (Wildman–Crippen LogP) is 1.91. The van der Waals surface area contributed by atoms with Crippen molar-refractivity contribution in [2.45, 2.75) is 32.4 Å². The first kappa shape index (κ1) is 12.4. The Bertz CT molecular complexity index is 361. The third-order valence-electron chi connectivity index (χ3n) is 3.70. The molecular weight excluding hydrogens is 212 g/mol. The lowest BCUT2D eigenvalue weighted by Gasteiger charge is -2.36. The lowest BCUT2D eigenvalue weighted by molar-refractivity contribution is 0.103. The standard InChI is InChI=1S/C14H22N2O/c1-10-7-8-16(9-14(10)17)13-5-3-12(4-6-13)11(2)15/h3-6,10-11,14,17H,7-9,15H2,1-2H3/t10?,11-,14?/m1/s1. The van der Waals surface area contributed by atoms with Gasteiger partial charge in [-0.15, -0.1) is 0 Å². The van der Waals surface area contributed by atoms with Crippen LogP contribution in [0.5, 0.6) is 0 Å². The van der Waals surface area contributed by atoms with Crippen LogP contribution in [0.15, 0.2) is 24.3 Å². The number of β-amino-alcohol motifs (C(OH)–C–C–N with tert-alkyl or cyclic N) is 1. The van der Waals surface area contributed by atoms with Crippen molar-refractivity contribution >= 4 is 5.69 Å². The zero-order chi connectivity index (χ0) is 12.4. The highest BCUT2D eigenvalue weighted by atomic mass is 16.3. The number of piperidine rings is 1. The van der Waals surface area contributed by atoms with Gasteiger partial charge in [0.1, 0.15) is 0 Å². The molecule has 1 aliphatic rings. The van der Waals surface area contributed by atoms with Crippen molar-refractivity contribution in [1.29, 1.82) is 0 Å². The van der Waals surface area contributed by atoms with E-state index in [0.29, 0.717) is 5.92 Å². The molecule has 1 heterocycles. The van der Waals surface area contributed by atoms with Gasteiger partial charge in [0.15, 0.2) is 0 Å². The highest BCUT2D eigenvalue weighted by Crippen LogP contribution is 2.24. The van der Waals surface area contributed by atoms with Crippen LogP contribution < -0.4 is 10.6 Å². The molecule has 0 bridgehead atoms. The molecule has 2 rings (SSSR count). The molecule has 1 aromatic rings. The molecule has 1 fully saturated rings. The molecule has 2 unspecified atom stereocenters. The zero-order valence-corrected chi connectivity index (χ0v) is 10.6. The van der Waals surface area contributed by atoms with Crippen molar-refractivity contribution in [3.8, 4) is 0 Å². The maximum absolute atomic E-state index is 9.89. The normalized spacial score (nSPS) is 26.9. The smallest absolute Gasteiger partial charge is 0.0741 e. The fraction of sp³-hybridized carbons (Fsp3) is 0.571. The molecule has 0 amide bonds. The topological polar surface area (TPSA) is 49.5 Å². The van der Waals surface area contributed by atoms with Crippen LogP contribution in [0.2, 0.25) is 0 Å². The van der Waals surface area contributed by atoms with E-state index in [1.54, 1.807) is 0 Å². The summed E-state index contributed by atoms with van der Waals surface area (Å²) in [5.74, 6) is 0.412. The van der Waals surface area contributed by atoms with Crippen molar-refractivity contribution in [3.63, 3.8) is 0 Å². The van der Waals surface area contributed by atoms with E-state index in [9.17, 15) is 5.11 Å². The van der Waals surface area contributed by atoms with Crippen molar-refractivity contribution in [2.24, 2.45) is 11.7 Å². The average molecular weight is 234 g/mol. The Labute approximate surface area is 103 Å². The summed E-state index contributed by atoms with van der Waals surface area (Å²) < 4.78 is 0. The minimum Gasteiger partial charge on any atom is -0.391 e. The maximum atomic E-state index is 9.89. The lowest BCUT2D eigenvalue weighted by atomic mass is 9.95. The summed E-state index contributed by atoms with van der Waals surface area (Å²) in [6.45, 7) is 5.86. The first-order valence-corrected chi connectivity index (χ1v) is 6.36. The molecule has 3 heteroatoms. The van der Waals surface area contributed by atoms with E-state index in [4.69, 9.17) is 5.73 Å². The molecule has 0 spiro atoms. The molecule has 0 aliphatic carbocycles. The molecule has 0 saturated carbocycles. The van der Waals surface area contributed by atoms with Crippen LogP contribution >= 0.6 is 0 Å². The van der Waals surface area contributed by atoms with Crippen LogP contribution in [0.1, 0.15) is 31.9 Å². The number of rotatable bonds is 2. The molecule has 3 atom stereocenters. The summed E-state index contributed by atoms with van der Waals surface area (Å²) in [6.07, 6.45) is 0.841. The van der Waals surface area contributed by atoms with E-state index in [1.807, 2.05) is 6.92 Å². The Balaban J connectivity index is 2.07. The molecule has 1 aromatic carbocycles. The van der Waals surface area contributed by atoms with E-state index < -0.39 is 0 Å². The van der Waals surface area contributed by atoms with Gasteiger partial charge in [-0.25, -0.2) is 0 Å². The summed E-state index contributed by atoms with van der Waals surface area (Å²) in [4.78, 5) is 2.25. The Kier molecular flexibility index (Phi) is 3.69. The van der Waals surface area contributed by atoms with Gasteiger partial charge >= 0.3 is 0 Å². The Morgan fingerprint density at radius 3 is 2.53 bits per heavy atom. The molecule has 3 N–H and O–H groups in total. The number of benzene rings is 1. The third-order valence-corrected chi connectivity index (χ3v) is 3.70. The second kappa shape index (κ2) is 5.07. The molecule has 3 nitrogen and oxygen atoms in total. The number of nitrogens with zero attached hydrogens (tertiary/aromatic N) is 1. The molecule has 1 aliphatic heterocycles. The fourth-order valence-electron chi connectivity index (χ4n) is 2.27. The monoisotopic (exact) mass is 234 g/mol. The van der Waals surface area contributed by atoms with Gasteiger partial charge in [0.05, 0.1) is 6.10 Å². The number of hydrogen-bond acceptors (Lipinski definition) is 3. The number of aliphatic hydroxyl groups is 1. The van der Waals surface area contributed by atoms with Crippen molar-refractivity contribution in [1.82, 2.24) is 0 Å². The predicted molar refractivity (Wildman–Crippen MR) is 71.0 cm³/mol. The van der Waals surface area contributed by atoms with Gasteiger partial charge in [-0.2, -0.15) is 0 Å². The van der Waals surface area contributed by atoms with Crippen LogP contribution in [0.25, 0.3) is 0 Å². The minimum atomic E-state index is -0.211. The van der Waals surface area contributed by atoms with Crippen LogP contribution in [0.3, 0.4) is 0 Å². The fourth-order valence-corrected chi connectivity index (χ4v) is 2.27. The summed E-state index contributed by atoms with van der Waals surface area (Å²) >= 11 is 0. The molecule has 0 aromatic heterocycles. The lowest BCUT2D eigenvalue weighted by Crippen LogP contribution is -2.42. The molecule has 17 heavy (non-hydrogen) atoms. The zero-order valence-electron chi connectivity index (χ0n) is 10.6. The van der Waals surface area contributed by atoms with Gasteiger partial charge < -0.3 is 15.7 Å². The highest BCUT2D eigenvalue weighted by Gasteiger charge is 2.24. The largest absolute Gasteiger partial charge is 0.391 e. The van der Waals surface area contributed by atoms with Gasteiger partial charge in [0.2, 0.25) is 0 Å².